The number of alkyl halides is 3. The van der Waals surface area contributed by atoms with E-state index in [2.05, 4.69) is 36.5 Å². The van der Waals surface area contributed by atoms with Gasteiger partial charge in [-0.25, -0.2) is 14.4 Å². The first-order valence-corrected chi connectivity index (χ1v) is 19.3. The number of halogens is 4. The normalized spacial score (nSPS) is 11.8. The molecule has 5 aromatic rings. The molecule has 0 bridgehead atoms. The molecule has 0 fully saturated rings. The Labute approximate surface area is 277 Å². The zero-order valence-electron chi connectivity index (χ0n) is 27.2. The highest BCUT2D eigenvalue weighted by Gasteiger charge is 2.31. The molecule has 0 saturated heterocycles. The summed E-state index contributed by atoms with van der Waals surface area (Å²) in [7, 11) is -1.39. The van der Waals surface area contributed by atoms with Crippen LogP contribution in [-0.4, -0.2) is 40.4 Å². The van der Waals surface area contributed by atoms with E-state index >= 15 is 0 Å². The summed E-state index contributed by atoms with van der Waals surface area (Å²) in [6.07, 6.45) is -3.99. The monoisotopic (exact) mass is 676 g/mol. The summed E-state index contributed by atoms with van der Waals surface area (Å²) in [6.45, 7) is 9.52. The molecule has 0 radical (unpaired) electrons. The van der Waals surface area contributed by atoms with Gasteiger partial charge in [0.2, 0.25) is 0 Å². The lowest BCUT2D eigenvalue weighted by Gasteiger charge is -2.17. The predicted octanol–water partition coefficient (Wildman–Crippen LogP) is 8.24. The number of ether oxygens (including phenoxy) is 2. The van der Waals surface area contributed by atoms with E-state index in [1.54, 1.807) is 41.0 Å². The Morgan fingerprint density at radius 1 is 0.896 bits per heavy atom. The molecule has 0 spiro atoms. The van der Waals surface area contributed by atoms with E-state index in [0.29, 0.717) is 35.7 Å². The van der Waals surface area contributed by atoms with E-state index in [1.807, 2.05) is 6.92 Å². The Bertz CT molecular complexity index is 2000. The Morgan fingerprint density at radius 2 is 1.58 bits per heavy atom. The van der Waals surface area contributed by atoms with Gasteiger partial charge >= 0.3 is 6.18 Å². The summed E-state index contributed by atoms with van der Waals surface area (Å²) in [6, 6.07) is 18.7. The molecule has 0 aliphatic carbocycles. The molecule has 3 aromatic carbocycles. The van der Waals surface area contributed by atoms with Crippen LogP contribution in [0.15, 0.2) is 77.6 Å². The number of imidazole rings is 1. The van der Waals surface area contributed by atoms with Crippen molar-refractivity contribution >= 4 is 19.2 Å². The maximum absolute atomic E-state index is 14.1. The van der Waals surface area contributed by atoms with Gasteiger partial charge in [0, 0.05) is 37.9 Å². The lowest BCUT2D eigenvalue weighted by Crippen LogP contribution is -2.26. The maximum Gasteiger partial charge on any atom is 0.416 e. The van der Waals surface area contributed by atoms with Crippen LogP contribution >= 0.6 is 0 Å². The number of hydrogen-bond acceptors (Lipinski definition) is 5. The van der Waals surface area contributed by atoms with Gasteiger partial charge in [0.25, 0.3) is 5.56 Å². The van der Waals surface area contributed by atoms with Crippen LogP contribution in [0.4, 0.5) is 17.6 Å². The van der Waals surface area contributed by atoms with Crippen molar-refractivity contribution in [3.8, 4) is 40.4 Å². The minimum Gasteiger partial charge on any atom is -0.481 e. The van der Waals surface area contributed by atoms with E-state index in [-0.39, 0.29) is 48.3 Å². The SMILES string of the molecule is CCCn1c(-c2cccc(C(F)(F)F)c2)nc2nc(-c3ccc(OCC#Cc4ccc(F)cc4)cc3)n(COCC[Si](C)(C)C)c2c1=O. The smallest absolute Gasteiger partial charge is 0.416 e. The third-order valence-corrected chi connectivity index (χ3v) is 9.18. The van der Waals surface area contributed by atoms with Gasteiger partial charge in [-0.15, -0.1) is 0 Å². The highest BCUT2D eigenvalue weighted by Crippen LogP contribution is 2.32. The molecule has 2 aromatic heterocycles. The maximum atomic E-state index is 14.1. The lowest BCUT2D eigenvalue weighted by molar-refractivity contribution is -0.137. The summed E-state index contributed by atoms with van der Waals surface area (Å²) in [5.74, 6) is 6.58. The number of fused-ring (bicyclic) bond motifs is 1. The quantitative estimate of drug-likeness (QED) is 0.0610. The molecule has 12 heteroatoms. The van der Waals surface area contributed by atoms with Crippen molar-refractivity contribution in [2.75, 3.05) is 13.2 Å². The fourth-order valence-electron chi connectivity index (χ4n) is 4.97. The van der Waals surface area contributed by atoms with Crippen molar-refractivity contribution in [1.29, 1.82) is 0 Å². The zero-order chi connectivity index (χ0) is 34.5. The predicted molar refractivity (Wildman–Crippen MR) is 181 cm³/mol. The average Bonchev–Trinajstić information content (AvgIpc) is 3.41. The summed E-state index contributed by atoms with van der Waals surface area (Å²) in [5, 5.41) is 0. The van der Waals surface area contributed by atoms with Crippen LogP contribution in [0.2, 0.25) is 25.7 Å². The van der Waals surface area contributed by atoms with Crippen LogP contribution in [0.1, 0.15) is 24.5 Å². The van der Waals surface area contributed by atoms with Crippen molar-refractivity contribution in [1.82, 2.24) is 19.1 Å². The molecule has 48 heavy (non-hydrogen) atoms. The molecule has 0 aliphatic heterocycles. The Morgan fingerprint density at radius 3 is 2.23 bits per heavy atom. The molecule has 0 unspecified atom stereocenters. The number of nitrogens with zero attached hydrogens (tertiary/aromatic N) is 4. The van der Waals surface area contributed by atoms with Crippen molar-refractivity contribution in [3.05, 3.63) is 100 Å². The third kappa shape index (κ3) is 8.40. The number of rotatable bonds is 11. The largest absolute Gasteiger partial charge is 0.481 e. The summed E-state index contributed by atoms with van der Waals surface area (Å²) in [5.41, 5.74) is 0.574. The van der Waals surface area contributed by atoms with Crippen LogP contribution in [0.5, 0.6) is 5.75 Å². The van der Waals surface area contributed by atoms with E-state index in [1.165, 1.54) is 28.8 Å². The van der Waals surface area contributed by atoms with Gasteiger partial charge in [-0.3, -0.25) is 13.9 Å². The van der Waals surface area contributed by atoms with E-state index < -0.39 is 25.4 Å². The first kappa shape index (κ1) is 34.6. The van der Waals surface area contributed by atoms with Gasteiger partial charge < -0.3 is 9.47 Å². The number of hydrogen-bond donors (Lipinski definition) is 0. The number of aromatic nitrogens is 4. The highest BCUT2D eigenvalue weighted by atomic mass is 28.3. The van der Waals surface area contributed by atoms with Gasteiger partial charge in [0.15, 0.2) is 11.2 Å². The molecule has 7 nitrogen and oxygen atoms in total. The molecule has 0 saturated carbocycles. The fourth-order valence-corrected chi connectivity index (χ4v) is 5.73. The van der Waals surface area contributed by atoms with Crippen LogP contribution in [0.3, 0.4) is 0 Å². The summed E-state index contributed by atoms with van der Waals surface area (Å²) < 4.78 is 68.8. The number of benzene rings is 3. The zero-order valence-corrected chi connectivity index (χ0v) is 28.2. The van der Waals surface area contributed by atoms with Gasteiger partial charge in [0.05, 0.1) is 5.56 Å². The topological polar surface area (TPSA) is 71.2 Å². The minimum absolute atomic E-state index is 0.0412. The van der Waals surface area contributed by atoms with Gasteiger partial charge in [-0.05, 0) is 73.1 Å². The Hall–Kier alpha value is -4.73. The second-order valence-electron chi connectivity index (χ2n) is 12.5. The Balaban J connectivity index is 1.52. The van der Waals surface area contributed by atoms with E-state index in [9.17, 15) is 22.4 Å². The molecule has 0 amide bonds. The first-order valence-electron chi connectivity index (χ1n) is 15.6. The van der Waals surface area contributed by atoms with Gasteiger partial charge in [0.1, 0.15) is 36.6 Å². The van der Waals surface area contributed by atoms with Crippen LogP contribution < -0.4 is 10.3 Å². The first-order chi connectivity index (χ1) is 22.8. The second-order valence-corrected chi connectivity index (χ2v) is 18.1. The van der Waals surface area contributed by atoms with Crippen molar-refractivity contribution in [3.63, 3.8) is 0 Å². The third-order valence-electron chi connectivity index (χ3n) is 7.48. The lowest BCUT2D eigenvalue weighted by atomic mass is 10.1. The average molecular weight is 677 g/mol. The highest BCUT2D eigenvalue weighted by molar-refractivity contribution is 6.76. The summed E-state index contributed by atoms with van der Waals surface area (Å²) >= 11 is 0. The second kappa shape index (κ2) is 14.6. The molecule has 5 rings (SSSR count). The molecule has 0 aliphatic rings. The molecule has 0 atom stereocenters. The van der Waals surface area contributed by atoms with Gasteiger partial charge in [-0.2, -0.15) is 13.2 Å². The van der Waals surface area contributed by atoms with Crippen LogP contribution in [0.25, 0.3) is 33.9 Å². The standard InChI is InChI=1S/C36H36F4N4O3Si/c1-5-19-43-34(27-9-6-10-28(23-27)36(38,39)40)42-32-31(35(43)45)44(24-46-21-22-48(2,3)4)33(41-32)26-13-17-30(18-14-26)47-20-7-8-25-11-15-29(37)16-12-25/h6,9-18,23H,5,19-22,24H2,1-4H3. The van der Waals surface area contributed by atoms with Crippen molar-refractivity contribution in [2.24, 2.45) is 0 Å². The van der Waals surface area contributed by atoms with Crippen molar-refractivity contribution in [2.45, 2.75) is 58.5 Å². The van der Waals surface area contributed by atoms with Crippen molar-refractivity contribution < 1.29 is 27.0 Å². The minimum atomic E-state index is -4.55. The van der Waals surface area contributed by atoms with Gasteiger partial charge in [-0.1, -0.05) is 50.5 Å². The van der Waals surface area contributed by atoms with Crippen LogP contribution in [0, 0.1) is 17.7 Å². The molecule has 2 heterocycles. The molecule has 0 N–H and O–H groups in total. The summed E-state index contributed by atoms with van der Waals surface area (Å²) in [4.78, 5) is 23.5. The van der Waals surface area contributed by atoms with Crippen LogP contribution in [-0.2, 0) is 24.2 Å². The molecular formula is C36H36F4N4O3Si. The van der Waals surface area contributed by atoms with E-state index in [0.717, 1.165) is 18.2 Å². The molecule has 250 valence electrons. The molecular weight excluding hydrogens is 640 g/mol. The van der Waals surface area contributed by atoms with E-state index in [4.69, 9.17) is 14.5 Å². The Kier molecular flexibility index (Phi) is 10.5. The fraction of sp³-hybridized carbons (Fsp3) is 0.306.